The largest absolute Gasteiger partial charge is 0.376 e. The number of amides is 2. The highest BCUT2D eigenvalue weighted by Gasteiger charge is 2.31. The molecule has 2 rings (SSSR count). The van der Waals surface area contributed by atoms with Crippen molar-refractivity contribution < 1.29 is 18.8 Å². The summed E-state index contributed by atoms with van der Waals surface area (Å²) in [6, 6.07) is 1.63. The lowest BCUT2D eigenvalue weighted by Gasteiger charge is -2.30. The van der Waals surface area contributed by atoms with Gasteiger partial charge in [0.15, 0.2) is 5.82 Å². The van der Waals surface area contributed by atoms with Crippen molar-refractivity contribution in [2.24, 2.45) is 5.41 Å². The van der Waals surface area contributed by atoms with Crippen molar-refractivity contribution in [1.29, 1.82) is 0 Å². The molecule has 1 saturated heterocycles. The summed E-state index contributed by atoms with van der Waals surface area (Å²) in [5.41, 5.74) is -0.552. The SMILES string of the molecule is Cc1cc(NC(=O)CN(CC2CCCO2)C(=O)C(C)(C)C)no1. The van der Waals surface area contributed by atoms with E-state index in [0.717, 1.165) is 12.8 Å². The van der Waals surface area contributed by atoms with E-state index in [1.807, 2.05) is 20.8 Å². The first kappa shape index (κ1) is 17.5. The number of hydrogen-bond donors (Lipinski definition) is 1. The predicted octanol–water partition coefficient (Wildman–Crippen LogP) is 1.98. The van der Waals surface area contributed by atoms with Crippen LogP contribution in [0.5, 0.6) is 0 Å². The molecule has 2 heterocycles. The molecule has 1 unspecified atom stereocenters. The van der Waals surface area contributed by atoms with E-state index in [0.29, 0.717) is 24.7 Å². The van der Waals surface area contributed by atoms with Crippen molar-refractivity contribution in [2.45, 2.75) is 46.6 Å². The minimum atomic E-state index is -0.552. The Morgan fingerprint density at radius 3 is 2.70 bits per heavy atom. The van der Waals surface area contributed by atoms with Crippen LogP contribution in [0.2, 0.25) is 0 Å². The normalized spacial score (nSPS) is 18.0. The van der Waals surface area contributed by atoms with E-state index in [2.05, 4.69) is 10.5 Å². The molecular weight excluding hydrogens is 298 g/mol. The zero-order valence-corrected chi connectivity index (χ0v) is 14.2. The van der Waals surface area contributed by atoms with E-state index in [-0.39, 0.29) is 24.5 Å². The van der Waals surface area contributed by atoms with E-state index in [4.69, 9.17) is 9.26 Å². The molecule has 0 saturated carbocycles. The minimum Gasteiger partial charge on any atom is -0.376 e. The van der Waals surface area contributed by atoms with Crippen LogP contribution in [0.25, 0.3) is 0 Å². The summed E-state index contributed by atoms with van der Waals surface area (Å²) >= 11 is 0. The number of aryl methyl sites for hydroxylation is 1. The first-order valence-corrected chi connectivity index (χ1v) is 7.90. The highest BCUT2D eigenvalue weighted by molar-refractivity contribution is 5.94. The molecule has 1 N–H and O–H groups in total. The fourth-order valence-electron chi connectivity index (χ4n) is 2.51. The van der Waals surface area contributed by atoms with Crippen LogP contribution >= 0.6 is 0 Å². The molecule has 23 heavy (non-hydrogen) atoms. The average molecular weight is 323 g/mol. The van der Waals surface area contributed by atoms with E-state index < -0.39 is 5.41 Å². The van der Waals surface area contributed by atoms with Gasteiger partial charge in [0, 0.05) is 24.6 Å². The van der Waals surface area contributed by atoms with Gasteiger partial charge < -0.3 is 19.5 Å². The van der Waals surface area contributed by atoms with Crippen molar-refractivity contribution in [3.63, 3.8) is 0 Å². The molecule has 7 heteroatoms. The Balaban J connectivity index is 2.00. The number of nitrogens with one attached hydrogen (secondary N) is 1. The second-order valence-corrected chi connectivity index (χ2v) is 6.94. The summed E-state index contributed by atoms with van der Waals surface area (Å²) in [4.78, 5) is 26.4. The van der Waals surface area contributed by atoms with Crippen molar-refractivity contribution in [3.8, 4) is 0 Å². The Kier molecular flexibility index (Phi) is 5.41. The van der Waals surface area contributed by atoms with E-state index >= 15 is 0 Å². The molecule has 7 nitrogen and oxygen atoms in total. The number of rotatable bonds is 5. The number of anilines is 1. The maximum Gasteiger partial charge on any atom is 0.245 e. The van der Waals surface area contributed by atoms with E-state index in [9.17, 15) is 9.59 Å². The molecule has 1 aliphatic rings. The molecular formula is C16H25N3O4. The Morgan fingerprint density at radius 2 is 2.17 bits per heavy atom. The predicted molar refractivity (Wildman–Crippen MR) is 84.9 cm³/mol. The number of aromatic nitrogens is 1. The fourth-order valence-corrected chi connectivity index (χ4v) is 2.51. The molecule has 1 aromatic heterocycles. The Hall–Kier alpha value is -1.89. The third kappa shape index (κ3) is 5.06. The highest BCUT2D eigenvalue weighted by Crippen LogP contribution is 2.20. The number of hydrogen-bond acceptors (Lipinski definition) is 5. The van der Waals surface area contributed by atoms with Gasteiger partial charge in [-0.15, -0.1) is 0 Å². The van der Waals surface area contributed by atoms with Gasteiger partial charge in [-0.1, -0.05) is 25.9 Å². The number of carbonyl (C=O) groups is 2. The summed E-state index contributed by atoms with van der Waals surface area (Å²) in [6.45, 7) is 8.40. The van der Waals surface area contributed by atoms with Crippen LogP contribution in [0.1, 0.15) is 39.4 Å². The van der Waals surface area contributed by atoms with Crippen LogP contribution in [0.4, 0.5) is 5.82 Å². The zero-order chi connectivity index (χ0) is 17.0. The van der Waals surface area contributed by atoms with Crippen LogP contribution in [0, 0.1) is 12.3 Å². The lowest BCUT2D eigenvalue weighted by molar-refractivity contribution is -0.143. The second-order valence-electron chi connectivity index (χ2n) is 6.94. The zero-order valence-electron chi connectivity index (χ0n) is 14.2. The summed E-state index contributed by atoms with van der Waals surface area (Å²) in [5, 5.41) is 6.37. The summed E-state index contributed by atoms with van der Waals surface area (Å²) in [6.07, 6.45) is 1.91. The molecule has 0 aliphatic carbocycles. The van der Waals surface area contributed by atoms with Crippen molar-refractivity contribution in [3.05, 3.63) is 11.8 Å². The second kappa shape index (κ2) is 7.12. The molecule has 1 atom stereocenters. The maximum atomic E-state index is 12.6. The van der Waals surface area contributed by atoms with Gasteiger partial charge in [0.1, 0.15) is 12.3 Å². The van der Waals surface area contributed by atoms with Crippen LogP contribution in [-0.4, -0.2) is 47.7 Å². The highest BCUT2D eigenvalue weighted by atomic mass is 16.5. The third-order valence-electron chi connectivity index (χ3n) is 3.61. The number of ether oxygens (including phenoxy) is 1. The van der Waals surface area contributed by atoms with Gasteiger partial charge in [0.2, 0.25) is 11.8 Å². The number of carbonyl (C=O) groups excluding carboxylic acids is 2. The molecule has 1 aliphatic heterocycles. The quantitative estimate of drug-likeness (QED) is 0.895. The van der Waals surface area contributed by atoms with Crippen LogP contribution in [-0.2, 0) is 14.3 Å². The van der Waals surface area contributed by atoms with Gasteiger partial charge in [-0.05, 0) is 19.8 Å². The molecule has 0 radical (unpaired) electrons. The molecule has 2 amide bonds. The standard InChI is InChI=1S/C16H25N3O4/c1-11-8-13(18-23-11)17-14(20)10-19(15(21)16(2,3)4)9-12-6-5-7-22-12/h8,12H,5-7,9-10H2,1-4H3,(H,17,18,20). The van der Waals surface area contributed by atoms with Gasteiger partial charge in [-0.2, -0.15) is 0 Å². The lowest BCUT2D eigenvalue weighted by Crippen LogP contribution is -2.46. The molecule has 0 aromatic carbocycles. The maximum absolute atomic E-state index is 12.6. The lowest BCUT2D eigenvalue weighted by atomic mass is 9.94. The number of nitrogens with zero attached hydrogens (tertiary/aromatic N) is 2. The van der Waals surface area contributed by atoms with Gasteiger partial charge in [0.25, 0.3) is 0 Å². The molecule has 1 fully saturated rings. The first-order valence-electron chi connectivity index (χ1n) is 7.90. The first-order chi connectivity index (χ1) is 10.8. The molecule has 0 spiro atoms. The molecule has 128 valence electrons. The molecule has 1 aromatic rings. The van der Waals surface area contributed by atoms with Crippen molar-refractivity contribution >= 4 is 17.6 Å². The smallest absolute Gasteiger partial charge is 0.245 e. The van der Waals surface area contributed by atoms with E-state index in [1.54, 1.807) is 17.9 Å². The van der Waals surface area contributed by atoms with Gasteiger partial charge in [-0.25, -0.2) is 0 Å². The topological polar surface area (TPSA) is 84.7 Å². The van der Waals surface area contributed by atoms with Gasteiger partial charge in [-0.3, -0.25) is 9.59 Å². The van der Waals surface area contributed by atoms with Crippen molar-refractivity contribution in [2.75, 3.05) is 25.0 Å². The Morgan fingerprint density at radius 1 is 1.43 bits per heavy atom. The fraction of sp³-hybridized carbons (Fsp3) is 0.688. The molecule has 0 bridgehead atoms. The van der Waals surface area contributed by atoms with Crippen LogP contribution in [0.3, 0.4) is 0 Å². The summed E-state index contributed by atoms with van der Waals surface area (Å²) in [7, 11) is 0. The minimum absolute atomic E-state index is 0.00314. The van der Waals surface area contributed by atoms with Gasteiger partial charge in [0.05, 0.1) is 6.10 Å². The van der Waals surface area contributed by atoms with Crippen molar-refractivity contribution in [1.82, 2.24) is 10.1 Å². The Labute approximate surface area is 136 Å². The average Bonchev–Trinajstić information content (AvgIpc) is 3.08. The van der Waals surface area contributed by atoms with Crippen LogP contribution < -0.4 is 5.32 Å². The Bertz CT molecular complexity index is 556. The third-order valence-corrected chi connectivity index (χ3v) is 3.61. The van der Waals surface area contributed by atoms with E-state index in [1.165, 1.54) is 0 Å². The monoisotopic (exact) mass is 323 g/mol. The summed E-state index contributed by atoms with van der Waals surface area (Å²) < 4.78 is 10.5. The van der Waals surface area contributed by atoms with Crippen LogP contribution in [0.15, 0.2) is 10.6 Å². The summed E-state index contributed by atoms with van der Waals surface area (Å²) in [5.74, 6) is 0.600. The van der Waals surface area contributed by atoms with Gasteiger partial charge >= 0.3 is 0 Å².